The first-order chi connectivity index (χ1) is 8.15. The molecule has 3 heteroatoms. The fourth-order valence-electron chi connectivity index (χ4n) is 2.84. The van der Waals surface area contributed by atoms with Crippen molar-refractivity contribution < 1.29 is 14.3 Å². The van der Waals surface area contributed by atoms with Gasteiger partial charge >= 0.3 is 0 Å². The molecule has 0 amide bonds. The molecule has 17 heavy (non-hydrogen) atoms. The average molecular weight is 228 g/mol. The summed E-state index contributed by atoms with van der Waals surface area (Å²) in [5, 5.41) is 0. The Kier molecular flexibility index (Phi) is 1.61. The molecule has 86 valence electrons. The summed E-state index contributed by atoms with van der Waals surface area (Å²) >= 11 is 0. The smallest absolute Gasteiger partial charge is 0.189 e. The van der Waals surface area contributed by atoms with Crippen LogP contribution in [0.2, 0.25) is 0 Å². The van der Waals surface area contributed by atoms with E-state index in [1.807, 2.05) is 13.0 Å². The van der Waals surface area contributed by atoms with E-state index in [0.717, 1.165) is 27.8 Å². The van der Waals surface area contributed by atoms with Crippen LogP contribution in [0.4, 0.5) is 0 Å². The Hall–Kier alpha value is -1.45. The second-order valence-corrected chi connectivity index (χ2v) is 4.93. The van der Waals surface area contributed by atoms with E-state index in [9.17, 15) is 4.79 Å². The summed E-state index contributed by atoms with van der Waals surface area (Å²) < 4.78 is 11.1. The van der Waals surface area contributed by atoms with Gasteiger partial charge in [0.25, 0.3) is 0 Å². The quantitative estimate of drug-likeness (QED) is 0.641. The molecule has 0 bridgehead atoms. The first-order valence-electron chi connectivity index (χ1n) is 5.85. The normalized spacial score (nSPS) is 33.1. The van der Waals surface area contributed by atoms with Gasteiger partial charge in [-0.05, 0) is 41.3 Å². The molecule has 3 atom stereocenters. The monoisotopic (exact) mass is 228 g/mol. The molecule has 1 saturated heterocycles. The number of fused-ring (bicyclic) bond motifs is 4. The van der Waals surface area contributed by atoms with Crippen LogP contribution in [0.25, 0.3) is 5.57 Å². The molecule has 3 unspecified atom stereocenters. The molecule has 1 aromatic rings. The second-order valence-electron chi connectivity index (χ2n) is 4.93. The Bertz CT molecular complexity index is 540. The molecular weight excluding hydrogens is 216 g/mol. The van der Waals surface area contributed by atoms with Crippen LogP contribution in [0, 0.1) is 0 Å². The largest absolute Gasteiger partial charge is 0.342 e. The van der Waals surface area contributed by atoms with E-state index < -0.39 is 0 Å². The summed E-state index contributed by atoms with van der Waals surface area (Å²) in [7, 11) is 0. The predicted molar refractivity (Wildman–Crippen MR) is 61.5 cm³/mol. The zero-order valence-electron chi connectivity index (χ0n) is 9.53. The van der Waals surface area contributed by atoms with Crippen LogP contribution in [-0.4, -0.2) is 12.1 Å². The second kappa shape index (κ2) is 2.86. The number of ether oxygens (including phenoxy) is 2. The Morgan fingerprint density at radius 2 is 2.00 bits per heavy atom. The molecule has 0 N–H and O–H groups in total. The van der Waals surface area contributed by atoms with Crippen molar-refractivity contribution in [3.05, 3.63) is 41.0 Å². The van der Waals surface area contributed by atoms with Gasteiger partial charge in [-0.1, -0.05) is 6.58 Å². The van der Waals surface area contributed by atoms with Gasteiger partial charge in [0.15, 0.2) is 12.1 Å². The molecule has 1 aliphatic carbocycles. The molecule has 3 nitrogen and oxygen atoms in total. The van der Waals surface area contributed by atoms with Gasteiger partial charge in [0.2, 0.25) is 0 Å². The average Bonchev–Trinajstić information content (AvgIpc) is 3.01. The lowest BCUT2D eigenvalue weighted by molar-refractivity contribution is -0.00500. The Labute approximate surface area is 99.0 Å². The highest BCUT2D eigenvalue weighted by Gasteiger charge is 2.48. The Morgan fingerprint density at radius 1 is 1.24 bits per heavy atom. The maximum absolute atomic E-state index is 11.8. The van der Waals surface area contributed by atoms with E-state index >= 15 is 0 Å². The fraction of sp³-hybridized carbons (Fsp3) is 0.357. The summed E-state index contributed by atoms with van der Waals surface area (Å²) in [5.41, 5.74) is 4.97. The zero-order valence-corrected chi connectivity index (χ0v) is 9.53. The highest BCUT2D eigenvalue weighted by molar-refractivity contribution is 6.11. The highest BCUT2D eigenvalue weighted by Crippen LogP contribution is 2.51. The maximum atomic E-state index is 11.8. The third kappa shape index (κ3) is 1.15. The SMILES string of the molecule is C=C1CC(=O)c2cc3c(cc21)C(C)OC1OC31. The molecule has 1 fully saturated rings. The number of rotatable bonds is 0. The van der Waals surface area contributed by atoms with Gasteiger partial charge in [-0.25, -0.2) is 0 Å². The maximum Gasteiger partial charge on any atom is 0.189 e. The highest BCUT2D eigenvalue weighted by atomic mass is 16.8. The zero-order chi connectivity index (χ0) is 11.7. The number of carbonyl (C=O) groups is 1. The van der Waals surface area contributed by atoms with Crippen molar-refractivity contribution in [1.29, 1.82) is 0 Å². The van der Waals surface area contributed by atoms with Crippen molar-refractivity contribution in [2.24, 2.45) is 0 Å². The molecule has 1 aromatic carbocycles. The number of hydrogen-bond donors (Lipinski definition) is 0. The van der Waals surface area contributed by atoms with Crippen molar-refractivity contribution in [3.8, 4) is 0 Å². The van der Waals surface area contributed by atoms with Crippen molar-refractivity contribution in [2.75, 3.05) is 0 Å². The van der Waals surface area contributed by atoms with Crippen LogP contribution < -0.4 is 0 Å². The summed E-state index contributed by atoms with van der Waals surface area (Å²) in [6.45, 7) is 5.97. The lowest BCUT2D eigenvalue weighted by Gasteiger charge is -2.20. The third-order valence-electron chi connectivity index (χ3n) is 3.81. The number of epoxide rings is 1. The standard InChI is InChI=1S/C14H12O3/c1-6-3-12(15)10-5-11-9(4-8(6)10)7(2)16-14-13(11)17-14/h4-5,7,13-14H,1,3H2,2H3. The van der Waals surface area contributed by atoms with Crippen LogP contribution in [0.15, 0.2) is 18.7 Å². The van der Waals surface area contributed by atoms with Crippen LogP contribution in [-0.2, 0) is 9.47 Å². The van der Waals surface area contributed by atoms with E-state index in [0.29, 0.717) is 6.42 Å². The minimum absolute atomic E-state index is 0.0301. The van der Waals surface area contributed by atoms with Crippen molar-refractivity contribution in [2.45, 2.75) is 31.8 Å². The van der Waals surface area contributed by atoms with Gasteiger partial charge in [-0.3, -0.25) is 4.79 Å². The fourth-order valence-corrected chi connectivity index (χ4v) is 2.84. The minimum atomic E-state index is -0.102. The molecule has 4 rings (SSSR count). The van der Waals surface area contributed by atoms with Gasteiger partial charge in [-0.15, -0.1) is 0 Å². The number of carbonyl (C=O) groups excluding carboxylic acids is 1. The minimum Gasteiger partial charge on any atom is -0.342 e. The lowest BCUT2D eigenvalue weighted by atomic mass is 9.92. The van der Waals surface area contributed by atoms with E-state index in [4.69, 9.17) is 9.47 Å². The van der Waals surface area contributed by atoms with Crippen molar-refractivity contribution in [3.63, 3.8) is 0 Å². The molecule has 3 aliphatic rings. The van der Waals surface area contributed by atoms with Gasteiger partial charge < -0.3 is 9.47 Å². The summed E-state index contributed by atoms with van der Waals surface area (Å²) in [5.74, 6) is 0.171. The number of allylic oxidation sites excluding steroid dienone is 1. The number of hydrogen-bond acceptors (Lipinski definition) is 3. The van der Waals surface area contributed by atoms with Gasteiger partial charge in [0.05, 0.1) is 6.10 Å². The van der Waals surface area contributed by atoms with Gasteiger partial charge in [0.1, 0.15) is 6.10 Å². The van der Waals surface area contributed by atoms with Crippen LogP contribution in [0.3, 0.4) is 0 Å². The third-order valence-corrected chi connectivity index (χ3v) is 3.81. The summed E-state index contributed by atoms with van der Waals surface area (Å²) in [6.07, 6.45) is 0.411. The molecular formula is C14H12O3. The van der Waals surface area contributed by atoms with E-state index in [1.165, 1.54) is 0 Å². The molecule has 0 aromatic heterocycles. The topological polar surface area (TPSA) is 38.8 Å². The van der Waals surface area contributed by atoms with Gasteiger partial charge in [0, 0.05) is 12.0 Å². The van der Waals surface area contributed by atoms with Crippen LogP contribution in [0.1, 0.15) is 52.6 Å². The van der Waals surface area contributed by atoms with Gasteiger partial charge in [-0.2, -0.15) is 0 Å². The van der Waals surface area contributed by atoms with Crippen LogP contribution in [0.5, 0.6) is 0 Å². The lowest BCUT2D eigenvalue weighted by Crippen LogP contribution is -2.13. The van der Waals surface area contributed by atoms with E-state index in [-0.39, 0.29) is 24.3 Å². The molecule has 0 spiro atoms. The van der Waals surface area contributed by atoms with Crippen molar-refractivity contribution in [1.82, 2.24) is 0 Å². The van der Waals surface area contributed by atoms with E-state index in [2.05, 4.69) is 12.6 Å². The first-order valence-corrected chi connectivity index (χ1v) is 5.85. The summed E-state index contributed by atoms with van der Waals surface area (Å²) in [6, 6.07) is 4.04. The molecule has 0 saturated carbocycles. The first kappa shape index (κ1) is 9.57. The molecule has 0 radical (unpaired) electrons. The number of Topliss-reactive ketones (excluding diaryl/α,β-unsaturated/α-hetero) is 1. The number of ketones is 1. The van der Waals surface area contributed by atoms with E-state index in [1.54, 1.807) is 0 Å². The number of benzene rings is 1. The predicted octanol–water partition coefficient (Wildman–Crippen LogP) is 2.77. The molecule has 2 aliphatic heterocycles. The Morgan fingerprint density at radius 3 is 2.82 bits per heavy atom. The Balaban J connectivity index is 1.96. The molecule has 2 heterocycles. The van der Waals surface area contributed by atoms with Crippen LogP contribution >= 0.6 is 0 Å². The summed E-state index contributed by atoms with van der Waals surface area (Å²) in [4.78, 5) is 11.8. The van der Waals surface area contributed by atoms with Crippen molar-refractivity contribution >= 4 is 11.4 Å².